The van der Waals surface area contributed by atoms with Gasteiger partial charge in [0, 0.05) is 24.5 Å². The molecule has 5 heteroatoms. The molecule has 1 aliphatic rings. The van der Waals surface area contributed by atoms with Gasteiger partial charge in [-0.3, -0.25) is 0 Å². The zero-order chi connectivity index (χ0) is 21.7. The van der Waals surface area contributed by atoms with Crippen molar-refractivity contribution in [1.29, 1.82) is 0 Å². The molecular weight excluding hydrogens is 500 g/mol. The van der Waals surface area contributed by atoms with Crippen molar-refractivity contribution in [2.45, 2.75) is 48.5 Å². The molecular formula is C25H34Cl2N2Ru-2. The fourth-order valence-electron chi connectivity index (χ4n) is 4.17. The molecule has 1 saturated heterocycles. The van der Waals surface area contributed by atoms with E-state index in [0.717, 1.165) is 13.1 Å². The van der Waals surface area contributed by atoms with Crippen LogP contribution in [0.15, 0.2) is 30.3 Å². The maximum atomic E-state index is 5.34. The van der Waals surface area contributed by atoms with Gasteiger partial charge in [-0.1, -0.05) is 35.4 Å². The van der Waals surface area contributed by atoms with E-state index in [1.54, 1.807) is 6.08 Å². The summed E-state index contributed by atoms with van der Waals surface area (Å²) in [6.07, 6.45) is 1.75. The number of rotatable bonds is 2. The molecule has 168 valence electrons. The Morgan fingerprint density at radius 3 is 1.37 bits per heavy atom. The first-order valence-corrected chi connectivity index (χ1v) is 15.1. The largest absolute Gasteiger partial charge is 0.502 e. The zero-order valence-corrected chi connectivity index (χ0v) is 22.6. The van der Waals surface area contributed by atoms with Crippen LogP contribution in [0, 0.1) is 55.6 Å². The molecule has 1 fully saturated rings. The number of nitrogens with zero attached hydrogens (tertiary/aromatic N) is 2. The summed E-state index contributed by atoms with van der Waals surface area (Å²) in [6, 6.07) is 9.12. The number of aryl methyl sites for hydroxylation is 6. The van der Waals surface area contributed by atoms with Crippen LogP contribution in [0.25, 0.3) is 0 Å². The van der Waals surface area contributed by atoms with Crippen molar-refractivity contribution < 1.29 is 13.5 Å². The van der Waals surface area contributed by atoms with Gasteiger partial charge in [-0.25, -0.2) is 0 Å². The van der Waals surface area contributed by atoms with Gasteiger partial charge in [0.25, 0.3) is 0 Å². The van der Waals surface area contributed by atoms with Gasteiger partial charge in [0.05, 0.1) is 0 Å². The van der Waals surface area contributed by atoms with Gasteiger partial charge < -0.3 is 17.2 Å². The second-order valence-electron chi connectivity index (χ2n) is 7.57. The van der Waals surface area contributed by atoms with Crippen LogP contribution in [0.3, 0.4) is 0 Å². The normalized spacial score (nSPS) is 13.2. The molecule has 0 spiro atoms. The molecule has 0 atom stereocenters. The van der Waals surface area contributed by atoms with Crippen molar-refractivity contribution in [2.24, 2.45) is 0 Å². The van der Waals surface area contributed by atoms with E-state index >= 15 is 0 Å². The van der Waals surface area contributed by atoms with E-state index in [1.807, 2.05) is 6.92 Å². The fraction of sp³-hybridized carbons (Fsp3) is 0.360. The van der Waals surface area contributed by atoms with Crippen molar-refractivity contribution in [3.8, 4) is 0 Å². The van der Waals surface area contributed by atoms with Crippen LogP contribution >= 0.6 is 19.4 Å². The Bertz CT molecular complexity index is 833. The van der Waals surface area contributed by atoms with E-state index in [4.69, 9.17) is 19.4 Å². The van der Waals surface area contributed by atoms with Crippen LogP contribution < -0.4 is 9.80 Å². The Kier molecular flexibility index (Phi) is 10.8. The maximum Gasteiger partial charge on any atom is 0.0146 e. The number of hydrogen-bond donors (Lipinski definition) is 0. The Labute approximate surface area is 197 Å². The summed E-state index contributed by atoms with van der Waals surface area (Å²) in [5, 5.41) is 0. The Hall–Kier alpha value is -1.11. The number of hydrogen-bond acceptors (Lipinski definition) is 2. The summed E-state index contributed by atoms with van der Waals surface area (Å²) in [7, 11) is 10.7. The molecule has 2 aromatic carbocycles. The monoisotopic (exact) mass is 534 g/mol. The minimum atomic E-state index is -1.57. The third kappa shape index (κ3) is 6.96. The summed E-state index contributed by atoms with van der Waals surface area (Å²) in [5.74, 6) is 0. The molecule has 30 heavy (non-hydrogen) atoms. The van der Waals surface area contributed by atoms with Gasteiger partial charge in [0.2, 0.25) is 0 Å². The molecule has 3 rings (SSSR count). The van der Waals surface area contributed by atoms with E-state index in [-0.39, 0.29) is 7.43 Å². The van der Waals surface area contributed by atoms with E-state index in [9.17, 15) is 0 Å². The molecule has 2 nitrogen and oxygen atoms in total. The summed E-state index contributed by atoms with van der Waals surface area (Å²) in [5.41, 5.74) is 10.8. The van der Waals surface area contributed by atoms with E-state index in [1.165, 1.54) is 44.8 Å². The van der Waals surface area contributed by atoms with Crippen molar-refractivity contribution in [1.82, 2.24) is 0 Å². The summed E-state index contributed by atoms with van der Waals surface area (Å²) < 4.78 is 2.76. The summed E-state index contributed by atoms with van der Waals surface area (Å²) in [6.45, 7) is 19.4. The summed E-state index contributed by atoms with van der Waals surface area (Å²) in [4.78, 5) is 4.81. The molecule has 0 aliphatic carbocycles. The average Bonchev–Trinajstić information content (AvgIpc) is 3.02. The molecule has 1 aliphatic heterocycles. The van der Waals surface area contributed by atoms with Crippen LogP contribution in [0.4, 0.5) is 11.4 Å². The van der Waals surface area contributed by atoms with Crippen LogP contribution in [-0.4, -0.2) is 17.4 Å². The first kappa shape index (κ1) is 26.9. The Morgan fingerprint density at radius 1 is 0.800 bits per heavy atom. The predicted octanol–water partition coefficient (Wildman–Crippen LogP) is 7.32. The Morgan fingerprint density at radius 2 is 1.13 bits per heavy atom. The standard InChI is InChI=1S/C21H27N2.C3H4.CH3.2ClH.Ru/c1-14-9-16(3)20(17(4)10-14)22-7-8-23(13-22)21-18(5)11-15(2)12-19(21)6;1-3-2;;;;/h9-13H,7-8H2,1-6H3;3H,1H3;1H3;2*1H;/q-1;;-1;;;+2/p-2. The first-order valence-electron chi connectivity index (χ1n) is 9.72. The smallest absolute Gasteiger partial charge is 0.0146 e. The van der Waals surface area contributed by atoms with Crippen LogP contribution in [-0.2, 0) is 13.5 Å². The van der Waals surface area contributed by atoms with Crippen molar-refractivity contribution in [2.75, 3.05) is 22.9 Å². The van der Waals surface area contributed by atoms with Gasteiger partial charge in [0.15, 0.2) is 0 Å². The quantitative estimate of drug-likeness (QED) is 0.294. The molecule has 0 N–H and O–H groups in total. The second-order valence-corrected chi connectivity index (χ2v) is 13.0. The Balaban J connectivity index is 0.000000567. The van der Waals surface area contributed by atoms with E-state index in [2.05, 4.69) is 86.5 Å². The maximum absolute atomic E-state index is 5.34. The molecule has 0 saturated carbocycles. The van der Waals surface area contributed by atoms with Crippen LogP contribution in [0.5, 0.6) is 0 Å². The molecule has 0 amide bonds. The van der Waals surface area contributed by atoms with Crippen molar-refractivity contribution in [3.63, 3.8) is 0 Å². The van der Waals surface area contributed by atoms with Gasteiger partial charge in [0.1, 0.15) is 0 Å². The summed E-state index contributed by atoms with van der Waals surface area (Å²) >= 11 is -1.57. The van der Waals surface area contributed by atoms with Gasteiger partial charge >= 0.3 is 50.2 Å². The van der Waals surface area contributed by atoms with Gasteiger partial charge in [-0.15, -0.1) is 0 Å². The number of benzene rings is 2. The zero-order valence-electron chi connectivity index (χ0n) is 19.4. The van der Waals surface area contributed by atoms with Gasteiger partial charge in [-0.05, 0) is 63.8 Å². The third-order valence-corrected chi connectivity index (χ3v) is 6.68. The van der Waals surface area contributed by atoms with Crippen molar-refractivity contribution >= 4 is 35.0 Å². The number of allylic oxidation sites excluding steroid dienone is 1. The van der Waals surface area contributed by atoms with Gasteiger partial charge in [-0.2, -0.15) is 6.67 Å². The second kappa shape index (κ2) is 12.1. The van der Waals surface area contributed by atoms with Crippen molar-refractivity contribution in [3.05, 3.63) is 77.8 Å². The molecule has 0 unspecified atom stereocenters. The molecule has 0 radical (unpaired) electrons. The number of halogens is 2. The average molecular weight is 535 g/mol. The number of anilines is 2. The van der Waals surface area contributed by atoms with E-state index in [0.29, 0.717) is 0 Å². The van der Waals surface area contributed by atoms with Crippen LogP contribution in [0.2, 0.25) is 0 Å². The SMILES string of the molecule is CC=[C]=[Ru]([Cl])[Cl].Cc1cc(C)c(N2[CH-]N(c3c(C)cc(C)cc3C)CC2)c(C)c1.[CH3-]. The van der Waals surface area contributed by atoms with E-state index < -0.39 is 13.5 Å². The third-order valence-electron chi connectivity index (χ3n) is 4.89. The fourth-order valence-corrected chi connectivity index (χ4v) is 5.46. The minimum Gasteiger partial charge on any atom is -0.502 e. The van der Waals surface area contributed by atoms with Crippen LogP contribution in [0.1, 0.15) is 40.3 Å². The predicted molar refractivity (Wildman–Crippen MR) is 134 cm³/mol. The molecule has 2 aromatic rings. The molecule has 1 heterocycles. The minimum absolute atomic E-state index is 0. The molecule has 0 bridgehead atoms. The first-order chi connectivity index (χ1) is 13.6. The topological polar surface area (TPSA) is 6.48 Å². The molecule has 0 aromatic heterocycles.